The molecule has 0 radical (unpaired) electrons. The molecule has 1 aromatic carbocycles. The first-order valence-corrected chi connectivity index (χ1v) is 9.31. The van der Waals surface area contributed by atoms with Gasteiger partial charge in [-0.2, -0.15) is 0 Å². The van der Waals surface area contributed by atoms with Crippen molar-refractivity contribution < 1.29 is 29.0 Å². The number of esters is 1. The van der Waals surface area contributed by atoms with E-state index in [9.17, 15) is 14.4 Å². The Kier molecular flexibility index (Phi) is 9.80. The quantitative estimate of drug-likeness (QED) is 0.241. The van der Waals surface area contributed by atoms with Crippen molar-refractivity contribution in [2.75, 3.05) is 24.6 Å². The minimum Gasteiger partial charge on any atom is -0.481 e. The topological polar surface area (TPSA) is 175 Å². The van der Waals surface area contributed by atoms with E-state index >= 15 is 0 Å². The second-order valence-corrected chi connectivity index (χ2v) is 6.27. The Labute approximate surface area is 174 Å². The van der Waals surface area contributed by atoms with Crippen molar-refractivity contribution in [2.45, 2.75) is 32.7 Å². The molecule has 1 aliphatic heterocycles. The number of nitrogens with one attached hydrogen (secondary N) is 3. The van der Waals surface area contributed by atoms with Gasteiger partial charge >= 0.3 is 12.0 Å². The molecule has 2 rings (SSSR count). The Morgan fingerprint density at radius 2 is 1.90 bits per heavy atom. The predicted molar refractivity (Wildman–Crippen MR) is 109 cm³/mol. The van der Waals surface area contributed by atoms with Gasteiger partial charge in [0.25, 0.3) is 5.97 Å². The van der Waals surface area contributed by atoms with Crippen LogP contribution in [-0.2, 0) is 19.1 Å². The summed E-state index contributed by atoms with van der Waals surface area (Å²) in [6.45, 7) is 3.71. The van der Waals surface area contributed by atoms with Crippen LogP contribution in [0.25, 0.3) is 0 Å². The van der Waals surface area contributed by atoms with Crippen molar-refractivity contribution in [3.05, 3.63) is 29.8 Å². The summed E-state index contributed by atoms with van der Waals surface area (Å²) in [5.41, 5.74) is 6.68. The van der Waals surface area contributed by atoms with Gasteiger partial charge < -0.3 is 31.1 Å². The summed E-state index contributed by atoms with van der Waals surface area (Å²) in [7, 11) is 0. The number of anilines is 1. The fraction of sp³-hybridized carbons (Fsp3) is 0.421. The molecule has 11 heteroatoms. The van der Waals surface area contributed by atoms with Gasteiger partial charge in [0, 0.05) is 31.3 Å². The third-order valence-electron chi connectivity index (χ3n) is 3.92. The first-order valence-electron chi connectivity index (χ1n) is 9.31. The molecule has 0 aliphatic carbocycles. The second-order valence-electron chi connectivity index (χ2n) is 6.27. The maximum Gasteiger partial charge on any atom is 0.315 e. The number of nitrogens with zero attached hydrogens (tertiary/aromatic N) is 1. The highest BCUT2D eigenvalue weighted by molar-refractivity contribution is 6.02. The largest absolute Gasteiger partial charge is 0.481 e. The Morgan fingerprint density at radius 1 is 1.30 bits per heavy atom. The number of aliphatic carboxylic acids is 1. The lowest BCUT2D eigenvalue weighted by molar-refractivity contribution is -0.143. The van der Waals surface area contributed by atoms with Crippen molar-refractivity contribution in [1.29, 1.82) is 5.41 Å². The monoisotopic (exact) mass is 421 g/mol. The predicted octanol–water partition coefficient (Wildman–Crippen LogP) is 0.419. The Bertz CT molecular complexity index is 776. The van der Waals surface area contributed by atoms with Gasteiger partial charge in [-0.3, -0.25) is 19.8 Å². The van der Waals surface area contributed by atoms with Gasteiger partial charge in [-0.25, -0.2) is 4.79 Å². The van der Waals surface area contributed by atoms with Gasteiger partial charge in [0.1, 0.15) is 11.9 Å². The van der Waals surface area contributed by atoms with Gasteiger partial charge in [-0.1, -0.05) is 0 Å². The van der Waals surface area contributed by atoms with Crippen LogP contribution >= 0.6 is 0 Å². The molecule has 164 valence electrons. The molecule has 1 atom stereocenters. The fourth-order valence-corrected chi connectivity index (χ4v) is 2.61. The lowest BCUT2D eigenvalue weighted by Gasteiger charge is -2.17. The number of hydrogen-bond donors (Lipinski definition) is 5. The molecule has 1 saturated heterocycles. The average molecular weight is 421 g/mol. The fourth-order valence-electron chi connectivity index (χ4n) is 2.61. The number of rotatable bonds is 7. The number of carboxylic acid groups (broad SMARTS) is 1. The highest BCUT2D eigenvalue weighted by Crippen LogP contribution is 2.22. The summed E-state index contributed by atoms with van der Waals surface area (Å²) < 4.78 is 4.77. The first kappa shape index (κ1) is 24.4. The molecule has 1 aromatic rings. The van der Waals surface area contributed by atoms with E-state index in [4.69, 9.17) is 25.8 Å². The average Bonchev–Trinajstić information content (AvgIpc) is 3.02. The standard InChI is InChI=1S/C17H23N5O4.C2H4O2/c1-2-26-14(23)7-9-20-17(25)21-13-8-10-22(16(13)24)12-5-3-11(4-6-12)15(18)19;1-2(3)4/h3-6,13H,2,7-10H2,1H3,(H3,18,19)(H2,20,21,25);1H3,(H,3,4)/t13-;/m0./s1. The third-order valence-corrected chi connectivity index (χ3v) is 3.92. The summed E-state index contributed by atoms with van der Waals surface area (Å²) in [4.78, 5) is 46.1. The van der Waals surface area contributed by atoms with E-state index in [-0.39, 0.29) is 30.7 Å². The van der Waals surface area contributed by atoms with Crippen LogP contribution in [0.2, 0.25) is 0 Å². The van der Waals surface area contributed by atoms with E-state index in [1.54, 1.807) is 36.1 Å². The Morgan fingerprint density at radius 3 is 2.43 bits per heavy atom. The van der Waals surface area contributed by atoms with Crippen molar-refractivity contribution in [3.8, 4) is 0 Å². The van der Waals surface area contributed by atoms with Gasteiger partial charge in [-0.15, -0.1) is 0 Å². The summed E-state index contributed by atoms with van der Waals surface area (Å²) >= 11 is 0. The molecule has 6 N–H and O–H groups in total. The molecular weight excluding hydrogens is 394 g/mol. The summed E-state index contributed by atoms with van der Waals surface area (Å²) in [6, 6.07) is 5.67. The molecule has 0 saturated carbocycles. The van der Waals surface area contributed by atoms with E-state index in [1.807, 2.05) is 0 Å². The van der Waals surface area contributed by atoms with Crippen LogP contribution in [-0.4, -0.2) is 60.6 Å². The number of nitrogens with two attached hydrogens (primary N) is 1. The van der Waals surface area contributed by atoms with Gasteiger partial charge in [-0.05, 0) is 37.6 Å². The highest BCUT2D eigenvalue weighted by Gasteiger charge is 2.33. The molecule has 30 heavy (non-hydrogen) atoms. The number of ether oxygens (including phenoxy) is 1. The van der Waals surface area contributed by atoms with Gasteiger partial charge in [0.05, 0.1) is 13.0 Å². The molecule has 1 aliphatic rings. The van der Waals surface area contributed by atoms with Crippen molar-refractivity contribution in [3.63, 3.8) is 0 Å². The number of carboxylic acids is 1. The number of benzene rings is 1. The lowest BCUT2D eigenvalue weighted by atomic mass is 10.2. The Hall–Kier alpha value is -3.63. The number of carbonyl (C=O) groups is 4. The molecule has 1 fully saturated rings. The lowest BCUT2D eigenvalue weighted by Crippen LogP contribution is -2.46. The summed E-state index contributed by atoms with van der Waals surface area (Å²) in [6.07, 6.45) is 0.563. The maximum absolute atomic E-state index is 12.5. The number of amides is 3. The SMILES string of the molecule is CC(=O)O.CCOC(=O)CCNC(=O)N[C@H]1CCN(c2ccc(C(=N)N)cc2)C1=O. The normalized spacial score (nSPS) is 14.9. The van der Waals surface area contributed by atoms with Crippen molar-refractivity contribution in [2.24, 2.45) is 5.73 Å². The molecule has 3 amide bonds. The summed E-state index contributed by atoms with van der Waals surface area (Å²) in [5.74, 6) is -1.46. The van der Waals surface area contributed by atoms with E-state index in [0.29, 0.717) is 30.8 Å². The van der Waals surface area contributed by atoms with Gasteiger partial charge in [0.15, 0.2) is 0 Å². The number of nitrogen functional groups attached to an aromatic ring is 1. The molecule has 0 aromatic heterocycles. The van der Waals surface area contributed by atoms with Gasteiger partial charge in [0.2, 0.25) is 5.91 Å². The molecule has 0 unspecified atom stereocenters. The van der Waals surface area contributed by atoms with Crippen LogP contribution in [0.4, 0.5) is 10.5 Å². The second kappa shape index (κ2) is 12.0. The zero-order valence-corrected chi connectivity index (χ0v) is 16.9. The molecular formula is C19H27N5O6. The minimum atomic E-state index is -0.833. The maximum atomic E-state index is 12.5. The van der Waals surface area contributed by atoms with Crippen LogP contribution in [0, 0.1) is 5.41 Å². The van der Waals surface area contributed by atoms with Crippen molar-refractivity contribution in [1.82, 2.24) is 10.6 Å². The number of amidine groups is 1. The van der Waals surface area contributed by atoms with Crippen LogP contribution in [0.15, 0.2) is 24.3 Å². The molecule has 11 nitrogen and oxygen atoms in total. The van der Waals surface area contributed by atoms with Crippen LogP contribution in [0.5, 0.6) is 0 Å². The van der Waals surface area contributed by atoms with Crippen molar-refractivity contribution >= 4 is 35.4 Å². The minimum absolute atomic E-state index is 0.0386. The van der Waals surface area contributed by atoms with Crippen LogP contribution in [0.3, 0.4) is 0 Å². The molecule has 1 heterocycles. The zero-order chi connectivity index (χ0) is 22.7. The molecule has 0 bridgehead atoms. The molecule has 0 spiro atoms. The number of urea groups is 1. The van der Waals surface area contributed by atoms with Crippen LogP contribution in [0.1, 0.15) is 32.3 Å². The van der Waals surface area contributed by atoms with E-state index in [1.165, 1.54) is 0 Å². The van der Waals surface area contributed by atoms with Crippen LogP contribution < -0.4 is 21.3 Å². The smallest absolute Gasteiger partial charge is 0.315 e. The Balaban J connectivity index is 0.00000103. The van der Waals surface area contributed by atoms with E-state index in [2.05, 4.69) is 10.6 Å². The van der Waals surface area contributed by atoms with E-state index in [0.717, 1.165) is 6.92 Å². The third kappa shape index (κ3) is 8.17. The first-order chi connectivity index (χ1) is 14.1. The zero-order valence-electron chi connectivity index (χ0n) is 16.9. The summed E-state index contributed by atoms with van der Waals surface area (Å²) in [5, 5.41) is 20.0. The number of carbonyl (C=O) groups excluding carboxylic acids is 3. The highest BCUT2D eigenvalue weighted by atomic mass is 16.5. The van der Waals surface area contributed by atoms with E-state index < -0.39 is 18.0 Å². The number of hydrogen-bond acceptors (Lipinski definition) is 6.